The highest BCUT2D eigenvalue weighted by Gasteiger charge is 2.23. The monoisotopic (exact) mass is 297 g/mol. The van der Waals surface area contributed by atoms with Gasteiger partial charge >= 0.3 is 0 Å². The van der Waals surface area contributed by atoms with E-state index in [0.29, 0.717) is 25.6 Å². The molecule has 112 valence electrons. The number of para-hydroxylation sites is 1. The molecular weight excluding hydrogens is 274 g/mol. The molecule has 5 heteroatoms. The largest absolute Gasteiger partial charge is 0.494 e. The molecule has 1 aliphatic heterocycles. The van der Waals surface area contributed by atoms with Gasteiger partial charge in [0.15, 0.2) is 0 Å². The summed E-state index contributed by atoms with van der Waals surface area (Å²) < 4.78 is 23.3. The van der Waals surface area contributed by atoms with Gasteiger partial charge in [0, 0.05) is 46.6 Å². The zero-order valence-electron chi connectivity index (χ0n) is 11.9. The number of nitrogens with two attached hydrogens (primary N) is 1. The SMILES string of the molecule is CCOc1ccccc1C(N)CS(=O)C1CCOCC1. The van der Waals surface area contributed by atoms with Crippen LogP contribution < -0.4 is 10.5 Å². The lowest BCUT2D eigenvalue weighted by atomic mass is 10.1. The Kier molecular flexibility index (Phi) is 6.01. The Balaban J connectivity index is 2.00. The number of rotatable bonds is 6. The van der Waals surface area contributed by atoms with E-state index in [1.807, 2.05) is 31.2 Å². The molecule has 2 rings (SSSR count). The van der Waals surface area contributed by atoms with E-state index in [9.17, 15) is 4.21 Å². The van der Waals surface area contributed by atoms with Crippen LogP contribution in [0.2, 0.25) is 0 Å². The smallest absolute Gasteiger partial charge is 0.124 e. The van der Waals surface area contributed by atoms with Crippen molar-refractivity contribution >= 4 is 10.8 Å². The lowest BCUT2D eigenvalue weighted by Crippen LogP contribution is -2.30. The van der Waals surface area contributed by atoms with Gasteiger partial charge in [-0.05, 0) is 25.8 Å². The van der Waals surface area contributed by atoms with Gasteiger partial charge in [-0.25, -0.2) is 0 Å². The third-order valence-electron chi connectivity index (χ3n) is 3.50. The third kappa shape index (κ3) is 4.04. The Morgan fingerprint density at radius 1 is 1.40 bits per heavy atom. The van der Waals surface area contributed by atoms with Crippen LogP contribution in [-0.4, -0.2) is 35.0 Å². The van der Waals surface area contributed by atoms with Crippen molar-refractivity contribution in [3.05, 3.63) is 29.8 Å². The van der Waals surface area contributed by atoms with Crippen LogP contribution in [0.3, 0.4) is 0 Å². The Labute approximate surface area is 123 Å². The minimum absolute atomic E-state index is 0.217. The maximum atomic E-state index is 12.4. The normalized spacial score (nSPS) is 19.5. The van der Waals surface area contributed by atoms with Crippen molar-refractivity contribution in [3.63, 3.8) is 0 Å². The first-order valence-electron chi connectivity index (χ1n) is 7.14. The summed E-state index contributed by atoms with van der Waals surface area (Å²) in [5, 5.41) is 0.217. The Morgan fingerprint density at radius 2 is 2.10 bits per heavy atom. The molecule has 1 saturated heterocycles. The van der Waals surface area contributed by atoms with Crippen molar-refractivity contribution in [2.75, 3.05) is 25.6 Å². The molecule has 2 unspecified atom stereocenters. The Hall–Kier alpha value is -0.910. The van der Waals surface area contributed by atoms with Crippen LogP contribution in [0.5, 0.6) is 5.75 Å². The number of benzene rings is 1. The second-order valence-electron chi connectivity index (χ2n) is 4.94. The van der Waals surface area contributed by atoms with Gasteiger partial charge in [-0.2, -0.15) is 0 Å². The molecule has 20 heavy (non-hydrogen) atoms. The van der Waals surface area contributed by atoms with E-state index in [1.165, 1.54) is 0 Å². The van der Waals surface area contributed by atoms with Gasteiger partial charge in [0.05, 0.1) is 6.61 Å². The van der Waals surface area contributed by atoms with Crippen molar-refractivity contribution in [3.8, 4) is 5.75 Å². The van der Waals surface area contributed by atoms with E-state index in [0.717, 1.165) is 24.2 Å². The molecule has 2 N–H and O–H groups in total. The van der Waals surface area contributed by atoms with Gasteiger partial charge in [-0.3, -0.25) is 4.21 Å². The summed E-state index contributed by atoms with van der Waals surface area (Å²) >= 11 is 0. The van der Waals surface area contributed by atoms with Gasteiger partial charge in [0.25, 0.3) is 0 Å². The summed E-state index contributed by atoms with van der Waals surface area (Å²) in [6, 6.07) is 7.49. The average Bonchev–Trinajstić information content (AvgIpc) is 2.49. The quantitative estimate of drug-likeness (QED) is 0.872. The van der Waals surface area contributed by atoms with E-state index in [1.54, 1.807) is 0 Å². The number of hydrogen-bond acceptors (Lipinski definition) is 4. The number of ether oxygens (including phenoxy) is 2. The zero-order chi connectivity index (χ0) is 14.4. The van der Waals surface area contributed by atoms with E-state index < -0.39 is 10.8 Å². The molecule has 0 spiro atoms. The maximum Gasteiger partial charge on any atom is 0.124 e. The molecule has 4 nitrogen and oxygen atoms in total. The van der Waals surface area contributed by atoms with E-state index in [-0.39, 0.29) is 11.3 Å². The molecule has 0 bridgehead atoms. The van der Waals surface area contributed by atoms with Crippen molar-refractivity contribution in [2.45, 2.75) is 31.1 Å². The molecule has 1 heterocycles. The predicted octanol–water partition coefficient (Wildman–Crippen LogP) is 2.01. The lowest BCUT2D eigenvalue weighted by Gasteiger charge is -2.23. The fraction of sp³-hybridized carbons (Fsp3) is 0.600. The molecule has 2 atom stereocenters. The molecule has 0 amide bonds. The van der Waals surface area contributed by atoms with Crippen LogP contribution in [0.4, 0.5) is 0 Å². The Bertz CT molecular complexity index is 446. The summed E-state index contributed by atoms with van der Waals surface area (Å²) in [7, 11) is -0.910. The zero-order valence-corrected chi connectivity index (χ0v) is 12.7. The topological polar surface area (TPSA) is 61.5 Å². The first-order valence-corrected chi connectivity index (χ1v) is 8.52. The predicted molar refractivity (Wildman–Crippen MR) is 81.4 cm³/mol. The fourth-order valence-electron chi connectivity index (χ4n) is 2.42. The number of hydrogen-bond donors (Lipinski definition) is 1. The summed E-state index contributed by atoms with van der Waals surface area (Å²) in [5.41, 5.74) is 7.17. The molecule has 1 aliphatic rings. The minimum atomic E-state index is -0.910. The van der Waals surface area contributed by atoms with Crippen molar-refractivity contribution in [1.82, 2.24) is 0 Å². The third-order valence-corrected chi connectivity index (χ3v) is 5.40. The summed E-state index contributed by atoms with van der Waals surface area (Å²) in [6.07, 6.45) is 1.73. The van der Waals surface area contributed by atoms with Gasteiger partial charge in [0.1, 0.15) is 5.75 Å². The van der Waals surface area contributed by atoms with Crippen LogP contribution >= 0.6 is 0 Å². The highest BCUT2D eigenvalue weighted by atomic mass is 32.2. The van der Waals surface area contributed by atoms with Crippen LogP contribution in [-0.2, 0) is 15.5 Å². The Morgan fingerprint density at radius 3 is 2.80 bits per heavy atom. The maximum absolute atomic E-state index is 12.4. The lowest BCUT2D eigenvalue weighted by molar-refractivity contribution is 0.0992. The fourth-order valence-corrected chi connectivity index (χ4v) is 3.94. The van der Waals surface area contributed by atoms with Gasteiger partial charge in [-0.1, -0.05) is 18.2 Å². The van der Waals surface area contributed by atoms with E-state index in [4.69, 9.17) is 15.2 Å². The summed E-state index contributed by atoms with van der Waals surface area (Å²) in [5.74, 6) is 1.28. The first kappa shape index (κ1) is 15.5. The minimum Gasteiger partial charge on any atom is -0.494 e. The second kappa shape index (κ2) is 7.76. The van der Waals surface area contributed by atoms with Gasteiger partial charge in [0.2, 0.25) is 0 Å². The van der Waals surface area contributed by atoms with E-state index >= 15 is 0 Å². The van der Waals surface area contributed by atoms with Crippen molar-refractivity contribution < 1.29 is 13.7 Å². The van der Waals surface area contributed by atoms with E-state index in [2.05, 4.69) is 0 Å². The highest BCUT2D eigenvalue weighted by Crippen LogP contribution is 2.25. The van der Waals surface area contributed by atoms with Gasteiger partial charge in [-0.15, -0.1) is 0 Å². The molecular formula is C15H23NO3S. The molecule has 1 fully saturated rings. The van der Waals surface area contributed by atoms with Crippen molar-refractivity contribution in [2.24, 2.45) is 5.73 Å². The highest BCUT2D eigenvalue weighted by molar-refractivity contribution is 7.85. The second-order valence-corrected chi connectivity index (χ2v) is 6.70. The molecule has 1 aromatic rings. The van der Waals surface area contributed by atoms with Crippen LogP contribution in [0.25, 0.3) is 0 Å². The van der Waals surface area contributed by atoms with Crippen LogP contribution in [0, 0.1) is 0 Å². The van der Waals surface area contributed by atoms with Crippen LogP contribution in [0.1, 0.15) is 31.4 Å². The standard InChI is InChI=1S/C15H23NO3S/c1-2-19-15-6-4-3-5-13(15)14(16)11-20(17)12-7-9-18-10-8-12/h3-6,12,14H,2,7-11,16H2,1H3. The molecule has 0 aromatic heterocycles. The molecule has 1 aromatic carbocycles. The van der Waals surface area contributed by atoms with Crippen molar-refractivity contribution in [1.29, 1.82) is 0 Å². The van der Waals surface area contributed by atoms with Crippen LogP contribution in [0.15, 0.2) is 24.3 Å². The first-order chi connectivity index (χ1) is 9.72. The summed E-state index contributed by atoms with van der Waals surface area (Å²) in [6.45, 7) is 3.97. The molecule has 0 radical (unpaired) electrons. The molecule has 0 saturated carbocycles. The molecule has 0 aliphatic carbocycles. The van der Waals surface area contributed by atoms with Gasteiger partial charge < -0.3 is 15.2 Å². The average molecular weight is 297 g/mol. The summed E-state index contributed by atoms with van der Waals surface area (Å²) in [4.78, 5) is 0.